The number of hydrogen-bond donors (Lipinski definition) is 3. The van der Waals surface area contributed by atoms with Crippen LogP contribution < -0.4 is 16.8 Å². The van der Waals surface area contributed by atoms with Crippen LogP contribution in [0.1, 0.15) is 10.4 Å². The fraction of sp³-hybridized carbons (Fsp3) is 0.364. The Labute approximate surface area is 93.8 Å². The van der Waals surface area contributed by atoms with Gasteiger partial charge in [0.25, 0.3) is 0 Å². The maximum Gasteiger partial charge on any atom is 0.192 e. The second-order valence-corrected chi connectivity index (χ2v) is 3.77. The van der Waals surface area contributed by atoms with E-state index in [2.05, 4.69) is 5.32 Å². The molecule has 1 aliphatic rings. The third-order valence-corrected chi connectivity index (χ3v) is 2.59. The van der Waals surface area contributed by atoms with E-state index in [9.17, 15) is 4.79 Å². The molecule has 1 aliphatic heterocycles. The van der Waals surface area contributed by atoms with Gasteiger partial charge in [-0.05, 0) is 18.2 Å². The van der Waals surface area contributed by atoms with E-state index in [1.165, 1.54) is 0 Å². The molecule has 0 saturated carbocycles. The predicted molar refractivity (Wildman–Crippen MR) is 62.2 cm³/mol. The summed E-state index contributed by atoms with van der Waals surface area (Å²) in [5, 5.41) is 3.11. The highest BCUT2D eigenvalue weighted by molar-refractivity contribution is 6.01. The topological polar surface area (TPSA) is 90.4 Å². The summed E-state index contributed by atoms with van der Waals surface area (Å²) in [7, 11) is 0. The normalized spacial score (nSPS) is 20.6. The zero-order chi connectivity index (χ0) is 11.5. The molecule has 1 atom stereocenters. The molecule has 0 spiro atoms. The number of hydrogen-bond acceptors (Lipinski definition) is 5. The standard InChI is InChI=1S/C11H15N3O2/c12-8-2-1-7(5-9(8)13)11(15)10-6-14-3-4-16-10/h1-2,5,10,14H,3-4,6,12-13H2. The van der Waals surface area contributed by atoms with Crippen molar-refractivity contribution in [1.29, 1.82) is 0 Å². The van der Waals surface area contributed by atoms with E-state index in [1.807, 2.05) is 0 Å². The van der Waals surface area contributed by atoms with Crippen LogP contribution in [0.2, 0.25) is 0 Å². The van der Waals surface area contributed by atoms with Crippen molar-refractivity contribution in [2.75, 3.05) is 31.2 Å². The molecule has 0 aromatic heterocycles. The highest BCUT2D eigenvalue weighted by Crippen LogP contribution is 2.18. The molecule has 5 nitrogen and oxygen atoms in total. The molecule has 16 heavy (non-hydrogen) atoms. The minimum Gasteiger partial charge on any atom is -0.397 e. The second kappa shape index (κ2) is 4.51. The van der Waals surface area contributed by atoms with Gasteiger partial charge in [-0.1, -0.05) is 0 Å². The number of morpholine rings is 1. The molecular formula is C11H15N3O2. The number of nitrogens with one attached hydrogen (secondary N) is 1. The summed E-state index contributed by atoms with van der Waals surface area (Å²) in [6, 6.07) is 4.90. The first-order valence-corrected chi connectivity index (χ1v) is 5.20. The largest absolute Gasteiger partial charge is 0.397 e. The van der Waals surface area contributed by atoms with Crippen molar-refractivity contribution >= 4 is 17.2 Å². The number of ketones is 1. The number of rotatable bonds is 2. The van der Waals surface area contributed by atoms with E-state index >= 15 is 0 Å². The lowest BCUT2D eigenvalue weighted by Gasteiger charge is -2.22. The van der Waals surface area contributed by atoms with E-state index in [4.69, 9.17) is 16.2 Å². The van der Waals surface area contributed by atoms with Gasteiger partial charge in [0.2, 0.25) is 0 Å². The molecule has 1 heterocycles. The average molecular weight is 221 g/mol. The molecule has 1 aromatic rings. The Balaban J connectivity index is 2.16. The predicted octanol–water partition coefficient (Wildman–Crippen LogP) is 0.0221. The molecule has 5 N–H and O–H groups in total. The number of nitrogens with two attached hydrogens (primary N) is 2. The summed E-state index contributed by atoms with van der Waals surface area (Å²) in [4.78, 5) is 12.0. The zero-order valence-electron chi connectivity index (χ0n) is 8.90. The Morgan fingerprint density at radius 2 is 2.19 bits per heavy atom. The molecular weight excluding hydrogens is 206 g/mol. The van der Waals surface area contributed by atoms with Gasteiger partial charge in [-0.25, -0.2) is 0 Å². The molecule has 5 heteroatoms. The first-order valence-electron chi connectivity index (χ1n) is 5.20. The first kappa shape index (κ1) is 10.9. The maximum absolute atomic E-state index is 12.0. The van der Waals surface area contributed by atoms with Crippen LogP contribution >= 0.6 is 0 Å². The molecule has 0 amide bonds. The molecule has 1 fully saturated rings. The highest BCUT2D eigenvalue weighted by atomic mass is 16.5. The van der Waals surface area contributed by atoms with Gasteiger partial charge in [0.1, 0.15) is 6.10 Å². The van der Waals surface area contributed by atoms with Crippen LogP contribution in [0.5, 0.6) is 0 Å². The van der Waals surface area contributed by atoms with Crippen LogP contribution in [0.3, 0.4) is 0 Å². The van der Waals surface area contributed by atoms with Crippen LogP contribution in [0, 0.1) is 0 Å². The molecule has 1 saturated heterocycles. The van der Waals surface area contributed by atoms with Crippen molar-refractivity contribution in [2.45, 2.75) is 6.10 Å². The van der Waals surface area contributed by atoms with E-state index in [0.717, 1.165) is 6.54 Å². The SMILES string of the molecule is Nc1ccc(C(=O)C2CNCCO2)cc1N. The number of carbonyl (C=O) groups is 1. The molecule has 2 rings (SSSR count). The monoisotopic (exact) mass is 221 g/mol. The Hall–Kier alpha value is -1.59. The quantitative estimate of drug-likeness (QED) is 0.484. The Bertz CT molecular complexity index is 400. The number of nitrogen functional groups attached to an aromatic ring is 2. The third-order valence-electron chi connectivity index (χ3n) is 2.59. The van der Waals surface area contributed by atoms with Crippen LogP contribution in [-0.2, 0) is 4.74 Å². The summed E-state index contributed by atoms with van der Waals surface area (Å²) in [6.45, 7) is 1.89. The number of anilines is 2. The lowest BCUT2D eigenvalue weighted by Crippen LogP contribution is -2.43. The van der Waals surface area contributed by atoms with Crippen LogP contribution in [0.4, 0.5) is 11.4 Å². The van der Waals surface area contributed by atoms with Crippen molar-refractivity contribution in [3.05, 3.63) is 23.8 Å². The Kier molecular flexibility index (Phi) is 3.07. The fourth-order valence-electron chi connectivity index (χ4n) is 1.65. The van der Waals surface area contributed by atoms with Crippen LogP contribution in [0.25, 0.3) is 0 Å². The van der Waals surface area contributed by atoms with Gasteiger partial charge in [0, 0.05) is 18.7 Å². The van der Waals surface area contributed by atoms with Crippen molar-refractivity contribution < 1.29 is 9.53 Å². The van der Waals surface area contributed by atoms with Crippen molar-refractivity contribution in [3.8, 4) is 0 Å². The van der Waals surface area contributed by atoms with Gasteiger partial charge in [0.05, 0.1) is 18.0 Å². The summed E-state index contributed by atoms with van der Waals surface area (Å²) in [5.74, 6) is -0.0566. The molecule has 0 bridgehead atoms. The smallest absolute Gasteiger partial charge is 0.192 e. The van der Waals surface area contributed by atoms with Gasteiger partial charge < -0.3 is 21.5 Å². The van der Waals surface area contributed by atoms with Gasteiger partial charge in [-0.2, -0.15) is 0 Å². The third kappa shape index (κ3) is 2.15. The Morgan fingerprint density at radius 1 is 1.38 bits per heavy atom. The summed E-state index contributed by atoms with van der Waals surface area (Å²) in [5.41, 5.74) is 12.7. The van der Waals surface area contributed by atoms with E-state index in [0.29, 0.717) is 30.1 Å². The van der Waals surface area contributed by atoms with Crippen molar-refractivity contribution in [2.24, 2.45) is 0 Å². The first-order chi connectivity index (χ1) is 7.68. The zero-order valence-corrected chi connectivity index (χ0v) is 8.90. The van der Waals surface area contributed by atoms with Crippen molar-refractivity contribution in [3.63, 3.8) is 0 Å². The second-order valence-electron chi connectivity index (χ2n) is 3.77. The molecule has 86 valence electrons. The average Bonchev–Trinajstić information content (AvgIpc) is 2.33. The summed E-state index contributed by atoms with van der Waals surface area (Å²) >= 11 is 0. The van der Waals surface area contributed by atoms with Gasteiger partial charge in [0.15, 0.2) is 5.78 Å². The van der Waals surface area contributed by atoms with Gasteiger partial charge in [-0.15, -0.1) is 0 Å². The highest BCUT2D eigenvalue weighted by Gasteiger charge is 2.23. The number of ether oxygens (including phenoxy) is 1. The molecule has 0 radical (unpaired) electrons. The lowest BCUT2D eigenvalue weighted by molar-refractivity contribution is 0.0269. The lowest BCUT2D eigenvalue weighted by atomic mass is 10.0. The number of Topliss-reactive ketones (excluding diaryl/α,β-unsaturated/α-hetero) is 1. The van der Waals surface area contributed by atoms with E-state index in [1.54, 1.807) is 18.2 Å². The molecule has 1 unspecified atom stereocenters. The maximum atomic E-state index is 12.0. The summed E-state index contributed by atoms with van der Waals surface area (Å²) < 4.78 is 5.38. The molecule has 0 aliphatic carbocycles. The number of benzene rings is 1. The minimum atomic E-state index is -0.420. The van der Waals surface area contributed by atoms with Crippen LogP contribution in [-0.4, -0.2) is 31.6 Å². The fourth-order valence-corrected chi connectivity index (χ4v) is 1.65. The summed E-state index contributed by atoms with van der Waals surface area (Å²) in [6.07, 6.45) is -0.420. The van der Waals surface area contributed by atoms with Crippen LogP contribution in [0.15, 0.2) is 18.2 Å². The van der Waals surface area contributed by atoms with Gasteiger partial charge >= 0.3 is 0 Å². The van der Waals surface area contributed by atoms with Crippen molar-refractivity contribution in [1.82, 2.24) is 5.32 Å². The Morgan fingerprint density at radius 3 is 2.81 bits per heavy atom. The van der Waals surface area contributed by atoms with E-state index < -0.39 is 6.10 Å². The number of carbonyl (C=O) groups excluding carboxylic acids is 1. The van der Waals surface area contributed by atoms with E-state index in [-0.39, 0.29) is 5.78 Å². The molecule has 1 aromatic carbocycles. The van der Waals surface area contributed by atoms with Gasteiger partial charge in [-0.3, -0.25) is 4.79 Å². The minimum absolute atomic E-state index is 0.0566.